The van der Waals surface area contributed by atoms with E-state index < -0.39 is 15.9 Å². The maximum atomic E-state index is 11.2. The molecule has 0 aromatic carbocycles. The molecular weight excluding hydrogens is 230 g/mol. The average molecular weight is 249 g/mol. The van der Waals surface area contributed by atoms with Crippen LogP contribution in [0.4, 0.5) is 4.79 Å². The van der Waals surface area contributed by atoms with E-state index in [1.54, 1.807) is 0 Å². The average Bonchev–Trinajstić information content (AvgIpc) is 2.55. The molecule has 16 heavy (non-hydrogen) atoms. The molecule has 2 atom stereocenters. The van der Waals surface area contributed by atoms with Crippen molar-refractivity contribution >= 4 is 15.9 Å². The van der Waals surface area contributed by atoms with Gasteiger partial charge in [-0.2, -0.15) is 0 Å². The Bertz CT molecular complexity index is 339. The first-order valence-corrected chi connectivity index (χ1v) is 7.40. The van der Waals surface area contributed by atoms with Crippen LogP contribution in [0.3, 0.4) is 0 Å². The number of hydrogen-bond donors (Lipinski definition) is 1. The van der Waals surface area contributed by atoms with Gasteiger partial charge < -0.3 is 10.1 Å². The van der Waals surface area contributed by atoms with E-state index in [1.165, 1.54) is 0 Å². The van der Waals surface area contributed by atoms with E-state index >= 15 is 0 Å². The van der Waals surface area contributed by atoms with E-state index in [-0.39, 0.29) is 23.5 Å². The maximum absolute atomic E-state index is 11.2. The van der Waals surface area contributed by atoms with E-state index in [1.807, 2.05) is 13.8 Å². The number of carbonyl (C=O) groups is 1. The number of amides is 1. The summed E-state index contributed by atoms with van der Waals surface area (Å²) in [6.07, 6.45) is 0.836. The minimum Gasteiger partial charge on any atom is -0.447 e. The molecule has 1 fully saturated rings. The zero-order chi connectivity index (χ0) is 12.2. The van der Waals surface area contributed by atoms with Crippen LogP contribution < -0.4 is 5.32 Å². The first-order valence-electron chi connectivity index (χ1n) is 5.58. The molecule has 0 unspecified atom stereocenters. The largest absolute Gasteiger partial charge is 0.447 e. The SMILES string of the molecule is CC[C@H](C)OC(=O)NC[C@H]1CCS(=O)(=O)C1. The highest BCUT2D eigenvalue weighted by Crippen LogP contribution is 2.17. The molecule has 1 heterocycles. The summed E-state index contributed by atoms with van der Waals surface area (Å²) in [4.78, 5) is 11.2. The third-order valence-corrected chi connectivity index (χ3v) is 4.58. The molecule has 0 aromatic rings. The van der Waals surface area contributed by atoms with Gasteiger partial charge in [0.1, 0.15) is 6.10 Å². The van der Waals surface area contributed by atoms with Crippen LogP contribution in [0.1, 0.15) is 26.7 Å². The van der Waals surface area contributed by atoms with Crippen molar-refractivity contribution in [3.05, 3.63) is 0 Å². The zero-order valence-corrected chi connectivity index (χ0v) is 10.5. The van der Waals surface area contributed by atoms with E-state index in [9.17, 15) is 13.2 Å². The minimum atomic E-state index is -2.86. The van der Waals surface area contributed by atoms with E-state index in [0.717, 1.165) is 6.42 Å². The number of ether oxygens (including phenoxy) is 1. The molecule has 1 aliphatic rings. The van der Waals surface area contributed by atoms with E-state index in [4.69, 9.17) is 4.74 Å². The fraction of sp³-hybridized carbons (Fsp3) is 0.900. The lowest BCUT2D eigenvalue weighted by atomic mass is 10.1. The summed E-state index contributed by atoms with van der Waals surface area (Å²) >= 11 is 0. The van der Waals surface area contributed by atoms with Gasteiger partial charge in [-0.15, -0.1) is 0 Å². The molecule has 5 nitrogen and oxygen atoms in total. The topological polar surface area (TPSA) is 72.5 Å². The molecule has 0 bridgehead atoms. The lowest BCUT2D eigenvalue weighted by Gasteiger charge is -2.13. The van der Waals surface area contributed by atoms with Crippen molar-refractivity contribution in [1.82, 2.24) is 5.32 Å². The summed E-state index contributed by atoms with van der Waals surface area (Å²) in [5, 5.41) is 2.60. The van der Waals surface area contributed by atoms with Gasteiger partial charge in [0, 0.05) is 6.54 Å². The summed E-state index contributed by atoms with van der Waals surface area (Å²) in [6, 6.07) is 0. The standard InChI is InChI=1S/C10H19NO4S/c1-3-8(2)15-10(12)11-6-9-4-5-16(13,14)7-9/h8-9H,3-7H2,1-2H3,(H,11,12)/t8-,9+/m0/s1. The van der Waals surface area contributed by atoms with Gasteiger partial charge >= 0.3 is 6.09 Å². The highest BCUT2D eigenvalue weighted by molar-refractivity contribution is 7.91. The van der Waals surface area contributed by atoms with E-state index in [2.05, 4.69) is 5.32 Å². The quantitative estimate of drug-likeness (QED) is 0.805. The van der Waals surface area contributed by atoms with Crippen molar-refractivity contribution in [3.8, 4) is 0 Å². The molecule has 0 aliphatic carbocycles. The number of rotatable bonds is 4. The molecule has 1 amide bonds. The molecular formula is C10H19NO4S. The van der Waals surface area contributed by atoms with Crippen molar-refractivity contribution < 1.29 is 17.9 Å². The van der Waals surface area contributed by atoms with Gasteiger partial charge in [-0.25, -0.2) is 13.2 Å². The van der Waals surface area contributed by atoms with Crippen LogP contribution in [0, 0.1) is 5.92 Å². The van der Waals surface area contributed by atoms with Crippen molar-refractivity contribution in [2.75, 3.05) is 18.1 Å². The van der Waals surface area contributed by atoms with Crippen molar-refractivity contribution in [3.63, 3.8) is 0 Å². The molecule has 0 aromatic heterocycles. The molecule has 1 aliphatic heterocycles. The van der Waals surface area contributed by atoms with Crippen LogP contribution in [0.5, 0.6) is 0 Å². The Morgan fingerprint density at radius 2 is 2.25 bits per heavy atom. The lowest BCUT2D eigenvalue weighted by Crippen LogP contribution is -2.32. The van der Waals surface area contributed by atoms with E-state index in [0.29, 0.717) is 13.0 Å². The normalized spacial score (nSPS) is 25.0. The first kappa shape index (κ1) is 13.3. The summed E-state index contributed by atoms with van der Waals surface area (Å²) in [5.41, 5.74) is 0. The predicted molar refractivity (Wildman–Crippen MR) is 61.0 cm³/mol. The Morgan fingerprint density at radius 3 is 2.75 bits per heavy atom. The molecule has 1 rings (SSSR count). The number of carbonyl (C=O) groups excluding carboxylic acids is 1. The first-order chi connectivity index (χ1) is 7.43. The van der Waals surface area contributed by atoms with Gasteiger partial charge in [-0.3, -0.25) is 0 Å². The Hall–Kier alpha value is -0.780. The zero-order valence-electron chi connectivity index (χ0n) is 9.73. The minimum absolute atomic E-state index is 0.0366. The van der Waals surface area contributed by atoms with Gasteiger partial charge in [0.2, 0.25) is 0 Å². The number of nitrogens with one attached hydrogen (secondary N) is 1. The third kappa shape index (κ3) is 4.38. The van der Waals surface area contributed by atoms with Gasteiger partial charge in [-0.1, -0.05) is 6.92 Å². The Morgan fingerprint density at radius 1 is 1.56 bits per heavy atom. The molecule has 94 valence electrons. The fourth-order valence-electron chi connectivity index (χ4n) is 1.57. The number of hydrogen-bond acceptors (Lipinski definition) is 4. The third-order valence-electron chi connectivity index (χ3n) is 2.74. The van der Waals surface area contributed by atoms with Gasteiger partial charge in [0.25, 0.3) is 0 Å². The monoisotopic (exact) mass is 249 g/mol. The molecule has 1 saturated heterocycles. The van der Waals surface area contributed by atoms with Crippen LogP contribution in [-0.2, 0) is 14.6 Å². The summed E-state index contributed by atoms with van der Waals surface area (Å²) in [7, 11) is -2.86. The summed E-state index contributed by atoms with van der Waals surface area (Å²) in [6.45, 7) is 4.13. The van der Waals surface area contributed by atoms with Gasteiger partial charge in [0.05, 0.1) is 11.5 Å². The Labute approximate surface area is 96.5 Å². The number of alkyl carbamates (subject to hydrolysis) is 1. The van der Waals surface area contributed by atoms with Crippen molar-refractivity contribution in [2.45, 2.75) is 32.8 Å². The highest BCUT2D eigenvalue weighted by Gasteiger charge is 2.28. The summed E-state index contributed by atoms with van der Waals surface area (Å²) in [5.74, 6) is 0.450. The second-order valence-corrected chi connectivity index (χ2v) is 6.50. The van der Waals surface area contributed by atoms with Crippen LogP contribution >= 0.6 is 0 Å². The predicted octanol–water partition coefficient (Wildman–Crippen LogP) is 0.946. The Balaban J connectivity index is 2.23. The molecule has 0 spiro atoms. The molecule has 1 N–H and O–H groups in total. The smallest absolute Gasteiger partial charge is 0.407 e. The summed E-state index contributed by atoms with van der Waals surface area (Å²) < 4.78 is 27.3. The maximum Gasteiger partial charge on any atom is 0.407 e. The lowest BCUT2D eigenvalue weighted by molar-refractivity contribution is 0.104. The van der Waals surface area contributed by atoms with Gasteiger partial charge in [0.15, 0.2) is 9.84 Å². The fourth-order valence-corrected chi connectivity index (χ4v) is 3.43. The van der Waals surface area contributed by atoms with Crippen LogP contribution in [0.15, 0.2) is 0 Å². The Kier molecular flexibility index (Phi) is 4.58. The highest BCUT2D eigenvalue weighted by atomic mass is 32.2. The van der Waals surface area contributed by atoms with Crippen LogP contribution in [-0.4, -0.2) is 38.7 Å². The van der Waals surface area contributed by atoms with Gasteiger partial charge in [-0.05, 0) is 25.7 Å². The molecule has 0 radical (unpaired) electrons. The number of sulfone groups is 1. The molecule has 6 heteroatoms. The molecule has 0 saturated carbocycles. The van der Waals surface area contributed by atoms with Crippen molar-refractivity contribution in [1.29, 1.82) is 0 Å². The second kappa shape index (κ2) is 5.52. The van der Waals surface area contributed by atoms with Crippen LogP contribution in [0.2, 0.25) is 0 Å². The second-order valence-electron chi connectivity index (χ2n) is 4.27. The van der Waals surface area contributed by atoms with Crippen LogP contribution in [0.25, 0.3) is 0 Å². The van der Waals surface area contributed by atoms with Crippen molar-refractivity contribution in [2.24, 2.45) is 5.92 Å².